The molecule has 4 amide bonds. The molecule has 2 aromatic carbocycles. The molecule has 1 fully saturated rings. The van der Waals surface area contributed by atoms with Crippen LogP contribution in [0, 0.1) is 6.92 Å². The highest BCUT2D eigenvalue weighted by molar-refractivity contribution is 6.09. The molecular formula is C25H31N3O5. The van der Waals surface area contributed by atoms with Gasteiger partial charge in [-0.15, -0.1) is 0 Å². The van der Waals surface area contributed by atoms with Crippen LogP contribution < -0.4 is 20.1 Å². The first kappa shape index (κ1) is 24.1. The number of urea groups is 1. The number of hydrogen-bond acceptors (Lipinski definition) is 5. The molecule has 2 N–H and O–H groups in total. The van der Waals surface area contributed by atoms with Crippen LogP contribution in [0.4, 0.5) is 4.79 Å². The number of imide groups is 1. The average molecular weight is 454 g/mol. The number of carbonyl (C=O) groups excluding carboxylic acids is 3. The molecule has 1 aliphatic rings. The predicted octanol–water partition coefficient (Wildman–Crippen LogP) is 2.92. The summed E-state index contributed by atoms with van der Waals surface area (Å²) in [5.41, 5.74) is 1.51. The minimum atomic E-state index is -1.19. The lowest BCUT2D eigenvalue weighted by Gasteiger charge is -2.22. The molecule has 0 unspecified atom stereocenters. The van der Waals surface area contributed by atoms with Crippen molar-refractivity contribution >= 4 is 17.8 Å². The zero-order valence-electron chi connectivity index (χ0n) is 19.6. The molecule has 0 bridgehead atoms. The molecule has 0 saturated carbocycles. The number of carbonyl (C=O) groups is 3. The zero-order valence-corrected chi connectivity index (χ0v) is 19.6. The molecule has 0 aromatic heterocycles. The maximum atomic E-state index is 13.0. The van der Waals surface area contributed by atoms with Crippen molar-refractivity contribution in [3.05, 3.63) is 59.2 Å². The summed E-state index contributed by atoms with van der Waals surface area (Å²) < 4.78 is 11.2. The van der Waals surface area contributed by atoms with E-state index in [9.17, 15) is 14.4 Å². The number of hydrogen-bond donors (Lipinski definition) is 2. The number of aryl methyl sites for hydroxylation is 1. The SMILES string of the molecule is CCOc1ccc(CCNC(=O)CN2C(=O)N[C@](C)(c3ccc(C)cc3)C2=O)cc1OCC. The second-order valence-corrected chi connectivity index (χ2v) is 8.06. The Kier molecular flexibility index (Phi) is 7.58. The Morgan fingerprint density at radius 2 is 1.70 bits per heavy atom. The molecule has 0 spiro atoms. The smallest absolute Gasteiger partial charge is 0.325 e. The topological polar surface area (TPSA) is 97.0 Å². The summed E-state index contributed by atoms with van der Waals surface area (Å²) in [7, 11) is 0. The molecule has 0 radical (unpaired) electrons. The van der Waals surface area contributed by atoms with Gasteiger partial charge in [-0.05, 0) is 57.4 Å². The summed E-state index contributed by atoms with van der Waals surface area (Å²) in [4.78, 5) is 38.8. The average Bonchev–Trinajstić information content (AvgIpc) is 3.00. The Balaban J connectivity index is 1.57. The van der Waals surface area contributed by atoms with E-state index in [-0.39, 0.29) is 6.54 Å². The molecule has 2 aromatic rings. The highest BCUT2D eigenvalue weighted by Gasteiger charge is 2.49. The van der Waals surface area contributed by atoms with Crippen LogP contribution >= 0.6 is 0 Å². The van der Waals surface area contributed by atoms with Crippen LogP contribution in [0.5, 0.6) is 11.5 Å². The third-order valence-corrected chi connectivity index (χ3v) is 5.55. The van der Waals surface area contributed by atoms with Gasteiger partial charge in [-0.25, -0.2) is 4.79 Å². The van der Waals surface area contributed by atoms with Gasteiger partial charge in [-0.1, -0.05) is 35.9 Å². The van der Waals surface area contributed by atoms with Crippen molar-refractivity contribution in [1.29, 1.82) is 0 Å². The van der Waals surface area contributed by atoms with Gasteiger partial charge in [0.15, 0.2) is 11.5 Å². The molecule has 3 rings (SSSR count). The van der Waals surface area contributed by atoms with Gasteiger partial charge in [0.2, 0.25) is 5.91 Å². The summed E-state index contributed by atoms with van der Waals surface area (Å²) in [6.07, 6.45) is 0.569. The molecular weight excluding hydrogens is 422 g/mol. The molecule has 8 heteroatoms. The third kappa shape index (κ3) is 5.45. The Labute approximate surface area is 194 Å². The van der Waals surface area contributed by atoms with Gasteiger partial charge in [0, 0.05) is 6.54 Å². The van der Waals surface area contributed by atoms with Gasteiger partial charge in [0.25, 0.3) is 5.91 Å². The van der Waals surface area contributed by atoms with E-state index in [0.29, 0.717) is 43.2 Å². The van der Waals surface area contributed by atoms with E-state index in [0.717, 1.165) is 16.0 Å². The summed E-state index contributed by atoms with van der Waals surface area (Å²) >= 11 is 0. The quantitative estimate of drug-likeness (QED) is 0.539. The lowest BCUT2D eigenvalue weighted by atomic mass is 9.91. The molecule has 1 aliphatic heterocycles. The van der Waals surface area contributed by atoms with Crippen LogP contribution in [0.2, 0.25) is 0 Å². The maximum Gasteiger partial charge on any atom is 0.325 e. The van der Waals surface area contributed by atoms with Crippen molar-refractivity contribution in [2.45, 2.75) is 39.7 Å². The van der Waals surface area contributed by atoms with E-state index >= 15 is 0 Å². The lowest BCUT2D eigenvalue weighted by Crippen LogP contribution is -2.43. The monoisotopic (exact) mass is 453 g/mol. The predicted molar refractivity (Wildman–Crippen MR) is 124 cm³/mol. The first-order valence-electron chi connectivity index (χ1n) is 11.1. The van der Waals surface area contributed by atoms with Crippen LogP contribution in [0.15, 0.2) is 42.5 Å². The lowest BCUT2D eigenvalue weighted by molar-refractivity contribution is -0.134. The number of ether oxygens (including phenoxy) is 2. The fourth-order valence-electron chi connectivity index (χ4n) is 3.72. The summed E-state index contributed by atoms with van der Waals surface area (Å²) in [6.45, 7) is 8.50. The van der Waals surface area contributed by atoms with Gasteiger partial charge < -0.3 is 20.1 Å². The van der Waals surface area contributed by atoms with Crippen LogP contribution in [0.1, 0.15) is 37.5 Å². The minimum absolute atomic E-state index is 0.334. The Morgan fingerprint density at radius 1 is 1.03 bits per heavy atom. The second-order valence-electron chi connectivity index (χ2n) is 8.06. The Hall–Kier alpha value is -3.55. The number of amides is 4. The minimum Gasteiger partial charge on any atom is -0.490 e. The standard InChI is InChI=1S/C25H31N3O5/c1-5-32-20-12-9-18(15-21(20)33-6-2)13-14-26-22(29)16-28-23(30)25(4,27-24(28)31)19-10-7-17(3)8-11-19/h7-12,15H,5-6,13-14,16H2,1-4H3,(H,26,29)(H,27,31)/t25-/m1/s1. The summed E-state index contributed by atoms with van der Waals surface area (Å²) in [6, 6.07) is 12.5. The summed E-state index contributed by atoms with van der Waals surface area (Å²) in [5, 5.41) is 5.50. The first-order valence-corrected chi connectivity index (χ1v) is 11.1. The Morgan fingerprint density at radius 3 is 2.36 bits per heavy atom. The van der Waals surface area contributed by atoms with Gasteiger partial charge in [0.05, 0.1) is 13.2 Å². The molecule has 176 valence electrons. The highest BCUT2D eigenvalue weighted by Crippen LogP contribution is 2.29. The van der Waals surface area contributed by atoms with Crippen molar-refractivity contribution in [2.24, 2.45) is 0 Å². The van der Waals surface area contributed by atoms with Crippen LogP contribution in [-0.2, 0) is 21.5 Å². The second kappa shape index (κ2) is 10.4. The number of nitrogens with one attached hydrogen (secondary N) is 2. The van der Waals surface area contributed by atoms with Crippen LogP contribution in [0.25, 0.3) is 0 Å². The normalized spacial score (nSPS) is 17.6. The van der Waals surface area contributed by atoms with E-state index in [2.05, 4.69) is 10.6 Å². The van der Waals surface area contributed by atoms with Crippen molar-refractivity contribution in [3.63, 3.8) is 0 Å². The highest BCUT2D eigenvalue weighted by atomic mass is 16.5. The van der Waals surface area contributed by atoms with Crippen LogP contribution in [-0.4, -0.2) is 49.0 Å². The molecule has 0 aliphatic carbocycles. The largest absolute Gasteiger partial charge is 0.490 e. The summed E-state index contributed by atoms with van der Waals surface area (Å²) in [5.74, 6) is 0.502. The third-order valence-electron chi connectivity index (χ3n) is 5.55. The molecule has 1 atom stereocenters. The van der Waals surface area contributed by atoms with Crippen molar-refractivity contribution in [3.8, 4) is 11.5 Å². The fourth-order valence-corrected chi connectivity index (χ4v) is 3.72. The van der Waals surface area contributed by atoms with E-state index < -0.39 is 23.4 Å². The number of rotatable bonds is 10. The van der Waals surface area contributed by atoms with Crippen molar-refractivity contribution < 1.29 is 23.9 Å². The molecule has 33 heavy (non-hydrogen) atoms. The molecule has 1 heterocycles. The Bertz CT molecular complexity index is 1020. The van der Waals surface area contributed by atoms with Crippen molar-refractivity contribution in [2.75, 3.05) is 26.3 Å². The van der Waals surface area contributed by atoms with E-state index in [4.69, 9.17) is 9.47 Å². The van der Waals surface area contributed by atoms with Gasteiger partial charge in [0.1, 0.15) is 12.1 Å². The molecule has 8 nitrogen and oxygen atoms in total. The van der Waals surface area contributed by atoms with E-state index in [1.54, 1.807) is 6.92 Å². The van der Waals surface area contributed by atoms with Gasteiger partial charge in [-0.2, -0.15) is 0 Å². The number of nitrogens with zero attached hydrogens (tertiary/aromatic N) is 1. The fraction of sp³-hybridized carbons (Fsp3) is 0.400. The number of benzene rings is 2. The van der Waals surface area contributed by atoms with Gasteiger partial charge in [-0.3, -0.25) is 14.5 Å². The molecule has 1 saturated heterocycles. The van der Waals surface area contributed by atoms with Gasteiger partial charge >= 0.3 is 6.03 Å². The van der Waals surface area contributed by atoms with Crippen LogP contribution in [0.3, 0.4) is 0 Å². The first-order chi connectivity index (χ1) is 15.8. The van der Waals surface area contributed by atoms with E-state index in [1.807, 2.05) is 63.2 Å². The maximum absolute atomic E-state index is 13.0. The van der Waals surface area contributed by atoms with Crippen molar-refractivity contribution in [1.82, 2.24) is 15.5 Å². The zero-order chi connectivity index (χ0) is 24.0. The van der Waals surface area contributed by atoms with E-state index in [1.165, 1.54) is 0 Å².